The molecule has 0 unspecified atom stereocenters. The van der Waals surface area contributed by atoms with Crippen molar-refractivity contribution in [1.29, 1.82) is 0 Å². The maximum absolute atomic E-state index is 12.6. The van der Waals surface area contributed by atoms with Gasteiger partial charge in [-0.15, -0.1) is 0 Å². The number of carbonyl (C=O) groups excluding carboxylic acids is 3. The molecular weight excluding hydrogens is 426 g/mol. The third kappa shape index (κ3) is 7.24. The minimum atomic E-state index is -1.15. The molecular formula is C25H31NO7. The van der Waals surface area contributed by atoms with Gasteiger partial charge in [-0.2, -0.15) is 0 Å². The summed E-state index contributed by atoms with van der Waals surface area (Å²) in [5.41, 5.74) is -1.30. The molecule has 2 rings (SSSR count). The second-order valence-electron chi connectivity index (χ2n) is 8.17. The Hall–Kier alpha value is -3.55. The van der Waals surface area contributed by atoms with E-state index in [1.807, 2.05) is 0 Å². The number of hydrogen-bond acceptors (Lipinski definition) is 7. The first-order chi connectivity index (χ1) is 15.5. The Morgan fingerprint density at radius 2 is 1.09 bits per heavy atom. The van der Waals surface area contributed by atoms with Crippen LogP contribution in [0.5, 0.6) is 11.5 Å². The van der Waals surface area contributed by atoms with Crippen molar-refractivity contribution in [2.45, 2.75) is 52.7 Å². The summed E-state index contributed by atoms with van der Waals surface area (Å²) in [6, 6.07) is 13.1. The molecule has 2 aromatic carbocycles. The van der Waals surface area contributed by atoms with Crippen molar-refractivity contribution < 1.29 is 33.3 Å². The maximum atomic E-state index is 12.6. The van der Waals surface area contributed by atoms with E-state index in [0.29, 0.717) is 22.7 Å². The van der Waals surface area contributed by atoms with Crippen LogP contribution in [0.25, 0.3) is 0 Å². The number of carbonyl (C=O) groups is 3. The zero-order valence-electron chi connectivity index (χ0n) is 19.9. The number of hydrogen-bond donors (Lipinski definition) is 1. The van der Waals surface area contributed by atoms with Gasteiger partial charge in [0.05, 0.1) is 13.2 Å². The molecule has 0 saturated heterocycles. The third-order valence-corrected chi connectivity index (χ3v) is 4.51. The molecule has 2 aromatic rings. The van der Waals surface area contributed by atoms with Gasteiger partial charge >= 0.3 is 11.9 Å². The van der Waals surface area contributed by atoms with Crippen LogP contribution in [0.15, 0.2) is 48.5 Å². The van der Waals surface area contributed by atoms with Crippen molar-refractivity contribution in [1.82, 2.24) is 0 Å². The Balaban J connectivity index is 1.98. The van der Waals surface area contributed by atoms with Crippen LogP contribution in [0, 0.1) is 0 Å². The van der Waals surface area contributed by atoms with Crippen molar-refractivity contribution in [3.8, 4) is 11.5 Å². The Labute approximate surface area is 194 Å². The lowest BCUT2D eigenvalue weighted by molar-refractivity contribution is -0.159. The van der Waals surface area contributed by atoms with Gasteiger partial charge in [0.25, 0.3) is 5.91 Å². The molecule has 33 heavy (non-hydrogen) atoms. The SMILES string of the molecule is CCOC(=O)C(C)(C)Oc1ccc(NC(=O)c2ccc(OC(C)(C)C(=O)OCC)cc2)cc1. The van der Waals surface area contributed by atoms with E-state index >= 15 is 0 Å². The molecule has 0 saturated carbocycles. The Morgan fingerprint density at radius 1 is 0.697 bits per heavy atom. The summed E-state index contributed by atoms with van der Waals surface area (Å²) >= 11 is 0. The molecule has 1 amide bonds. The molecule has 0 atom stereocenters. The smallest absolute Gasteiger partial charge is 0.349 e. The van der Waals surface area contributed by atoms with Gasteiger partial charge in [-0.25, -0.2) is 9.59 Å². The Morgan fingerprint density at radius 3 is 1.48 bits per heavy atom. The third-order valence-electron chi connectivity index (χ3n) is 4.51. The van der Waals surface area contributed by atoms with Crippen LogP contribution in [0.2, 0.25) is 0 Å². The number of anilines is 1. The molecule has 0 aromatic heterocycles. The van der Waals surface area contributed by atoms with Gasteiger partial charge in [0.2, 0.25) is 0 Å². The predicted octanol–water partition coefficient (Wildman–Crippen LogP) is 4.38. The fraction of sp³-hybridized carbons (Fsp3) is 0.400. The summed E-state index contributed by atoms with van der Waals surface area (Å²) in [6.07, 6.45) is 0. The van der Waals surface area contributed by atoms with Gasteiger partial charge in [-0.05, 0) is 90.1 Å². The van der Waals surface area contributed by atoms with Crippen molar-refractivity contribution >= 4 is 23.5 Å². The van der Waals surface area contributed by atoms with Gasteiger partial charge < -0.3 is 24.3 Å². The fourth-order valence-corrected chi connectivity index (χ4v) is 2.77. The highest BCUT2D eigenvalue weighted by molar-refractivity contribution is 6.04. The topological polar surface area (TPSA) is 100 Å². The first kappa shape index (κ1) is 25.7. The average Bonchev–Trinajstić information content (AvgIpc) is 2.75. The van der Waals surface area contributed by atoms with Crippen LogP contribution in [0.4, 0.5) is 5.69 Å². The summed E-state index contributed by atoms with van der Waals surface area (Å²) < 4.78 is 21.4. The second-order valence-corrected chi connectivity index (χ2v) is 8.17. The highest BCUT2D eigenvalue weighted by Crippen LogP contribution is 2.23. The first-order valence-corrected chi connectivity index (χ1v) is 10.7. The number of esters is 2. The quantitative estimate of drug-likeness (QED) is 0.529. The fourth-order valence-electron chi connectivity index (χ4n) is 2.77. The van der Waals surface area contributed by atoms with Crippen LogP contribution in [-0.2, 0) is 19.1 Å². The van der Waals surface area contributed by atoms with Crippen molar-refractivity contribution in [2.75, 3.05) is 18.5 Å². The average molecular weight is 458 g/mol. The van der Waals surface area contributed by atoms with E-state index in [0.717, 1.165) is 0 Å². The van der Waals surface area contributed by atoms with Crippen LogP contribution < -0.4 is 14.8 Å². The molecule has 0 fully saturated rings. The van der Waals surface area contributed by atoms with E-state index in [4.69, 9.17) is 18.9 Å². The molecule has 178 valence electrons. The maximum Gasteiger partial charge on any atom is 0.349 e. The number of benzene rings is 2. The van der Waals surface area contributed by atoms with E-state index in [9.17, 15) is 14.4 Å². The normalized spacial score (nSPS) is 11.3. The first-order valence-electron chi connectivity index (χ1n) is 10.7. The van der Waals surface area contributed by atoms with Gasteiger partial charge in [-0.3, -0.25) is 4.79 Å². The van der Waals surface area contributed by atoms with Crippen LogP contribution in [0.3, 0.4) is 0 Å². The largest absolute Gasteiger partial charge is 0.476 e. The lowest BCUT2D eigenvalue weighted by Crippen LogP contribution is -2.39. The summed E-state index contributed by atoms with van der Waals surface area (Å²) in [6.45, 7) is 10.5. The zero-order chi connectivity index (χ0) is 24.6. The number of amides is 1. The molecule has 0 radical (unpaired) electrons. The van der Waals surface area contributed by atoms with E-state index in [-0.39, 0.29) is 19.1 Å². The summed E-state index contributed by atoms with van der Waals surface area (Å²) in [5, 5.41) is 2.79. The highest BCUT2D eigenvalue weighted by atomic mass is 16.6. The molecule has 0 bridgehead atoms. The van der Waals surface area contributed by atoms with Crippen LogP contribution >= 0.6 is 0 Å². The highest BCUT2D eigenvalue weighted by Gasteiger charge is 2.32. The molecule has 8 nitrogen and oxygen atoms in total. The van der Waals surface area contributed by atoms with E-state index < -0.39 is 23.1 Å². The van der Waals surface area contributed by atoms with Crippen molar-refractivity contribution in [3.63, 3.8) is 0 Å². The standard InChI is InChI=1S/C25H31NO7/c1-7-30-22(28)24(3,4)32-19-13-9-17(10-14-19)21(27)26-18-11-15-20(16-12-18)33-25(5,6)23(29)31-8-2/h9-16H,7-8H2,1-6H3,(H,26,27). The van der Waals surface area contributed by atoms with E-state index in [1.165, 1.54) is 0 Å². The number of nitrogens with one attached hydrogen (secondary N) is 1. The molecule has 1 N–H and O–H groups in total. The lowest BCUT2D eigenvalue weighted by atomic mass is 10.1. The molecule has 0 heterocycles. The lowest BCUT2D eigenvalue weighted by Gasteiger charge is -2.24. The molecule has 0 aliphatic carbocycles. The van der Waals surface area contributed by atoms with E-state index in [2.05, 4.69) is 5.32 Å². The van der Waals surface area contributed by atoms with Gasteiger partial charge in [0.15, 0.2) is 11.2 Å². The minimum Gasteiger partial charge on any atom is -0.476 e. The summed E-state index contributed by atoms with van der Waals surface area (Å²) in [4.78, 5) is 36.5. The summed E-state index contributed by atoms with van der Waals surface area (Å²) in [7, 11) is 0. The van der Waals surface area contributed by atoms with Gasteiger partial charge in [0, 0.05) is 11.3 Å². The second kappa shape index (κ2) is 10.8. The van der Waals surface area contributed by atoms with Gasteiger partial charge in [-0.1, -0.05) is 0 Å². The number of rotatable bonds is 10. The van der Waals surface area contributed by atoms with Crippen molar-refractivity contribution in [3.05, 3.63) is 54.1 Å². The molecule has 0 spiro atoms. The Kier molecular flexibility index (Phi) is 8.45. The van der Waals surface area contributed by atoms with Gasteiger partial charge in [0.1, 0.15) is 11.5 Å². The molecule has 0 aliphatic rings. The minimum absolute atomic E-state index is 0.265. The molecule has 8 heteroatoms. The van der Waals surface area contributed by atoms with E-state index in [1.54, 1.807) is 90.1 Å². The predicted molar refractivity (Wildman–Crippen MR) is 124 cm³/mol. The monoisotopic (exact) mass is 457 g/mol. The number of ether oxygens (including phenoxy) is 4. The van der Waals surface area contributed by atoms with Crippen LogP contribution in [-0.4, -0.2) is 42.3 Å². The zero-order valence-corrected chi connectivity index (χ0v) is 19.9. The summed E-state index contributed by atoms with van der Waals surface area (Å²) in [5.74, 6) is -0.329. The van der Waals surface area contributed by atoms with Crippen LogP contribution in [0.1, 0.15) is 51.9 Å². The van der Waals surface area contributed by atoms with Crippen molar-refractivity contribution in [2.24, 2.45) is 0 Å². The Bertz CT molecular complexity index is 963. The molecule has 0 aliphatic heterocycles.